The highest BCUT2D eigenvalue weighted by molar-refractivity contribution is 8.04. The number of carboxylic acid groups (broad SMARTS) is 1. The Kier molecular flexibility index (Phi) is 4.07. The number of aliphatic hydroxyl groups is 1. The lowest BCUT2D eigenvalue weighted by Gasteiger charge is -2.43. The molecule has 3 heterocycles. The van der Waals surface area contributed by atoms with Gasteiger partial charge in [-0.15, -0.1) is 11.3 Å². The van der Waals surface area contributed by atoms with E-state index in [-0.39, 0.29) is 16.6 Å². The summed E-state index contributed by atoms with van der Waals surface area (Å²) in [6.45, 7) is 1.53. The first-order valence-corrected chi connectivity index (χ1v) is 8.62. The minimum absolute atomic E-state index is 0.102. The molecule has 22 heavy (non-hydrogen) atoms. The molecule has 1 unspecified atom stereocenters. The molecule has 2 N–H and O–H groups in total. The monoisotopic (exact) mass is 357 g/mol. The number of carbonyl (C=O) groups is 2. The van der Waals surface area contributed by atoms with Crippen LogP contribution in [0.5, 0.6) is 0 Å². The number of β-lactam (4-membered cyclic amide) rings is 1. The average molecular weight is 358 g/mol. The zero-order valence-electron chi connectivity index (χ0n) is 11.4. The Bertz CT molecular complexity index is 696. The van der Waals surface area contributed by atoms with Crippen molar-refractivity contribution in [2.45, 2.75) is 18.4 Å². The second-order valence-electron chi connectivity index (χ2n) is 4.97. The number of rotatable bonds is 4. The quantitative estimate of drug-likeness (QED) is 0.810. The molecule has 1 saturated heterocycles. The van der Waals surface area contributed by atoms with Crippen LogP contribution in [0.3, 0.4) is 0 Å². The second kappa shape index (κ2) is 5.73. The number of aliphatic carboxylic acids is 1. The highest BCUT2D eigenvalue weighted by Crippen LogP contribution is 2.53. The number of thioether (sulfide) groups is 1. The lowest BCUT2D eigenvalue weighted by atomic mass is 9.92. The Hall–Kier alpha value is -1.28. The summed E-state index contributed by atoms with van der Waals surface area (Å²) < 4.78 is 0. The van der Waals surface area contributed by atoms with Gasteiger partial charge in [0.25, 0.3) is 0 Å². The molecule has 0 aromatic carbocycles. The standard InChI is InChI=1S/C14H12ClNO4S2/c1-6(17)9-12(18)16-10(14(19)20)11(22-13(9)16)8(15)5-7-3-2-4-21-7/h2-6,9,13,17H,1H3,(H,19,20)/b8-5-/t6?,9-,13+/m0/s1. The number of allylic oxidation sites excluding steroid dienone is 1. The summed E-state index contributed by atoms with van der Waals surface area (Å²) in [6, 6.07) is 3.74. The van der Waals surface area contributed by atoms with Crippen molar-refractivity contribution >= 4 is 52.7 Å². The van der Waals surface area contributed by atoms with Crippen molar-refractivity contribution in [3.05, 3.63) is 38.0 Å². The summed E-state index contributed by atoms with van der Waals surface area (Å²) in [7, 11) is 0. The molecule has 2 aliphatic rings. The van der Waals surface area contributed by atoms with E-state index < -0.39 is 23.4 Å². The number of carbonyl (C=O) groups excluding carboxylic acids is 1. The van der Waals surface area contributed by atoms with Gasteiger partial charge < -0.3 is 10.2 Å². The number of thiophene rings is 1. The minimum Gasteiger partial charge on any atom is -0.477 e. The van der Waals surface area contributed by atoms with Crippen LogP contribution in [0.25, 0.3) is 6.08 Å². The summed E-state index contributed by atoms with van der Waals surface area (Å²) in [6.07, 6.45) is 0.862. The van der Waals surface area contributed by atoms with Crippen LogP contribution < -0.4 is 0 Å². The predicted molar refractivity (Wildman–Crippen MR) is 86.2 cm³/mol. The largest absolute Gasteiger partial charge is 0.477 e. The number of amides is 1. The van der Waals surface area contributed by atoms with Crippen LogP contribution >= 0.6 is 34.7 Å². The van der Waals surface area contributed by atoms with Gasteiger partial charge in [0, 0.05) is 4.88 Å². The number of carboxylic acids is 1. The van der Waals surface area contributed by atoms with Crippen molar-refractivity contribution in [2.75, 3.05) is 0 Å². The Labute approximate surface area is 139 Å². The second-order valence-corrected chi connectivity index (χ2v) is 7.49. The number of hydrogen-bond acceptors (Lipinski definition) is 5. The normalized spacial score (nSPS) is 26.0. The first kappa shape index (κ1) is 15.6. The van der Waals surface area contributed by atoms with Crippen molar-refractivity contribution in [3.63, 3.8) is 0 Å². The summed E-state index contributed by atoms with van der Waals surface area (Å²) in [5.74, 6) is -2.16. The summed E-state index contributed by atoms with van der Waals surface area (Å²) >= 11 is 8.97. The van der Waals surface area contributed by atoms with Crippen LogP contribution in [0, 0.1) is 5.92 Å². The molecule has 0 saturated carbocycles. The van der Waals surface area contributed by atoms with Gasteiger partial charge in [-0.05, 0) is 24.4 Å². The van der Waals surface area contributed by atoms with Crippen LogP contribution in [0.15, 0.2) is 33.1 Å². The van der Waals surface area contributed by atoms with Crippen molar-refractivity contribution in [2.24, 2.45) is 5.92 Å². The molecule has 0 bridgehead atoms. The first-order valence-electron chi connectivity index (χ1n) is 6.48. The number of aliphatic hydroxyl groups excluding tert-OH is 1. The van der Waals surface area contributed by atoms with E-state index in [4.69, 9.17) is 11.6 Å². The van der Waals surface area contributed by atoms with Gasteiger partial charge in [0.15, 0.2) is 0 Å². The number of fused-ring (bicyclic) bond motifs is 1. The molecule has 1 aromatic heterocycles. The van der Waals surface area contributed by atoms with Crippen molar-refractivity contribution in [3.8, 4) is 0 Å². The van der Waals surface area contributed by atoms with Crippen LogP contribution in [-0.4, -0.2) is 38.5 Å². The molecular formula is C14H12ClNO4S2. The molecule has 8 heteroatoms. The maximum Gasteiger partial charge on any atom is 0.353 e. The Morgan fingerprint density at radius 2 is 2.27 bits per heavy atom. The fourth-order valence-corrected chi connectivity index (χ4v) is 5.09. The molecule has 2 aliphatic heterocycles. The van der Waals surface area contributed by atoms with E-state index in [2.05, 4.69) is 0 Å². The predicted octanol–water partition coefficient (Wildman–Crippen LogP) is 2.54. The van der Waals surface area contributed by atoms with E-state index in [1.54, 1.807) is 6.08 Å². The maximum atomic E-state index is 12.1. The van der Waals surface area contributed by atoms with Gasteiger partial charge in [-0.25, -0.2) is 4.79 Å². The van der Waals surface area contributed by atoms with E-state index in [0.29, 0.717) is 4.91 Å². The van der Waals surface area contributed by atoms with Gasteiger partial charge in [0.05, 0.1) is 22.0 Å². The average Bonchev–Trinajstić information content (AvgIpc) is 3.03. The van der Waals surface area contributed by atoms with Gasteiger partial charge in [-0.1, -0.05) is 29.4 Å². The van der Waals surface area contributed by atoms with Crippen LogP contribution in [0.1, 0.15) is 11.8 Å². The fraction of sp³-hybridized carbons (Fsp3) is 0.286. The highest BCUT2D eigenvalue weighted by Gasteiger charge is 2.57. The minimum atomic E-state index is -1.19. The van der Waals surface area contributed by atoms with Gasteiger partial charge >= 0.3 is 5.97 Å². The van der Waals surface area contributed by atoms with Crippen molar-refractivity contribution in [1.82, 2.24) is 4.90 Å². The molecule has 1 fully saturated rings. The molecule has 1 aromatic rings. The summed E-state index contributed by atoms with van der Waals surface area (Å²) in [5, 5.41) is 20.9. The van der Waals surface area contributed by atoms with Crippen LogP contribution in [-0.2, 0) is 9.59 Å². The summed E-state index contributed by atoms with van der Waals surface area (Å²) in [4.78, 5) is 26.1. The molecular weight excluding hydrogens is 346 g/mol. The third kappa shape index (κ3) is 2.38. The highest BCUT2D eigenvalue weighted by atomic mass is 35.5. The van der Waals surface area contributed by atoms with Gasteiger partial charge in [-0.2, -0.15) is 0 Å². The zero-order valence-corrected chi connectivity index (χ0v) is 13.8. The number of hydrogen-bond donors (Lipinski definition) is 2. The zero-order chi connectivity index (χ0) is 16.0. The van der Waals surface area contributed by atoms with E-state index in [1.807, 2.05) is 17.5 Å². The molecule has 0 spiro atoms. The lowest BCUT2D eigenvalue weighted by molar-refractivity contribution is -0.156. The smallest absolute Gasteiger partial charge is 0.353 e. The van der Waals surface area contributed by atoms with E-state index >= 15 is 0 Å². The molecule has 3 atom stereocenters. The SMILES string of the molecule is CC(O)[C@H]1C(=O)N2C(C(=O)O)=C(/C(Cl)=C/c3cccs3)S[C@H]12. The van der Waals surface area contributed by atoms with Gasteiger partial charge in [0.1, 0.15) is 11.1 Å². The molecule has 5 nitrogen and oxygen atoms in total. The topological polar surface area (TPSA) is 77.8 Å². The number of halogens is 1. The third-order valence-corrected chi connectivity index (χ3v) is 6.15. The first-order chi connectivity index (χ1) is 10.4. The van der Waals surface area contributed by atoms with Crippen LogP contribution in [0.2, 0.25) is 0 Å². The molecule has 3 rings (SSSR count). The van der Waals surface area contributed by atoms with E-state index in [9.17, 15) is 19.8 Å². The van der Waals surface area contributed by atoms with E-state index in [1.165, 1.54) is 34.9 Å². The third-order valence-electron chi connectivity index (χ3n) is 3.53. The molecule has 1 amide bonds. The molecule has 0 aliphatic carbocycles. The fourth-order valence-electron chi connectivity index (χ4n) is 2.51. The van der Waals surface area contributed by atoms with Crippen molar-refractivity contribution < 1.29 is 19.8 Å². The molecule has 0 radical (unpaired) electrons. The van der Waals surface area contributed by atoms with E-state index in [0.717, 1.165) is 4.88 Å². The Morgan fingerprint density at radius 3 is 2.82 bits per heavy atom. The van der Waals surface area contributed by atoms with Crippen LogP contribution in [0.4, 0.5) is 0 Å². The lowest BCUT2D eigenvalue weighted by Crippen LogP contribution is -2.60. The Morgan fingerprint density at radius 1 is 1.55 bits per heavy atom. The Balaban J connectivity index is 1.97. The van der Waals surface area contributed by atoms with Crippen molar-refractivity contribution in [1.29, 1.82) is 0 Å². The number of nitrogens with zero attached hydrogens (tertiary/aromatic N) is 1. The van der Waals surface area contributed by atoms with Gasteiger partial charge in [-0.3, -0.25) is 9.69 Å². The maximum absolute atomic E-state index is 12.1. The molecule has 116 valence electrons. The van der Waals surface area contributed by atoms with Gasteiger partial charge in [0.2, 0.25) is 5.91 Å². The summed E-state index contributed by atoms with van der Waals surface area (Å²) in [5.41, 5.74) is -0.102.